The number of hydrogen-bond acceptors (Lipinski definition) is 3. The van der Waals surface area contributed by atoms with Gasteiger partial charge in [-0.3, -0.25) is 0 Å². The van der Waals surface area contributed by atoms with Gasteiger partial charge in [-0.1, -0.05) is 26.8 Å². The third-order valence-electron chi connectivity index (χ3n) is 2.97. The molecule has 2 heterocycles. The highest BCUT2D eigenvalue weighted by atomic mass is 32.1. The van der Waals surface area contributed by atoms with E-state index in [9.17, 15) is 0 Å². The first-order valence-corrected chi connectivity index (χ1v) is 6.69. The maximum absolute atomic E-state index is 5.93. The maximum Gasteiger partial charge on any atom is 0.150 e. The molecule has 0 amide bonds. The zero-order valence-corrected chi connectivity index (χ0v) is 11.4. The summed E-state index contributed by atoms with van der Waals surface area (Å²) in [6, 6.07) is 4.41. The first kappa shape index (κ1) is 12.3. The number of aromatic nitrogens is 2. The maximum atomic E-state index is 5.93. The lowest BCUT2D eigenvalue weighted by Gasteiger charge is -2.31. The minimum absolute atomic E-state index is 0.126. The van der Waals surface area contributed by atoms with Gasteiger partial charge >= 0.3 is 0 Å². The van der Waals surface area contributed by atoms with Crippen molar-refractivity contribution < 1.29 is 0 Å². The standard InChI is InChI=1S/C13H19N3S/c1-13(2,3)11(9-14)16-7-6-15-12(16)10-5-4-8-17-10/h4-8,11H,9,14H2,1-3H3. The zero-order chi connectivity index (χ0) is 12.5. The molecule has 0 aliphatic rings. The Bertz CT molecular complexity index is 465. The molecule has 0 radical (unpaired) electrons. The van der Waals surface area contributed by atoms with Crippen molar-refractivity contribution in [3.05, 3.63) is 29.9 Å². The van der Waals surface area contributed by atoms with Crippen LogP contribution < -0.4 is 5.73 Å². The third-order valence-corrected chi connectivity index (χ3v) is 3.83. The van der Waals surface area contributed by atoms with Gasteiger partial charge in [-0.15, -0.1) is 11.3 Å². The molecule has 2 aromatic heterocycles. The molecule has 0 bridgehead atoms. The summed E-state index contributed by atoms with van der Waals surface area (Å²) in [7, 11) is 0. The second-order valence-corrected chi connectivity index (χ2v) is 6.20. The lowest BCUT2D eigenvalue weighted by atomic mass is 9.86. The first-order valence-electron chi connectivity index (χ1n) is 5.81. The summed E-state index contributed by atoms with van der Waals surface area (Å²) in [5.41, 5.74) is 6.05. The fourth-order valence-corrected chi connectivity index (χ4v) is 2.77. The van der Waals surface area contributed by atoms with Gasteiger partial charge in [-0.2, -0.15) is 0 Å². The highest BCUT2D eigenvalue weighted by Gasteiger charge is 2.26. The van der Waals surface area contributed by atoms with Gasteiger partial charge in [0.1, 0.15) is 5.82 Å². The van der Waals surface area contributed by atoms with Crippen molar-refractivity contribution in [1.82, 2.24) is 9.55 Å². The number of imidazole rings is 1. The van der Waals surface area contributed by atoms with Gasteiger partial charge in [0, 0.05) is 18.9 Å². The van der Waals surface area contributed by atoms with Crippen molar-refractivity contribution in [2.45, 2.75) is 26.8 Å². The minimum Gasteiger partial charge on any atom is -0.328 e. The monoisotopic (exact) mass is 249 g/mol. The lowest BCUT2D eigenvalue weighted by Crippen LogP contribution is -2.31. The van der Waals surface area contributed by atoms with Crippen LogP contribution in [0.4, 0.5) is 0 Å². The minimum atomic E-state index is 0.126. The molecule has 2 rings (SSSR count). The van der Waals surface area contributed by atoms with E-state index in [0.717, 1.165) is 5.82 Å². The SMILES string of the molecule is CC(C)(C)C(CN)n1ccnc1-c1cccs1. The summed E-state index contributed by atoms with van der Waals surface area (Å²) in [6.45, 7) is 7.26. The highest BCUT2D eigenvalue weighted by molar-refractivity contribution is 7.13. The van der Waals surface area contributed by atoms with Gasteiger partial charge in [0.2, 0.25) is 0 Å². The Balaban J connectivity index is 2.43. The van der Waals surface area contributed by atoms with Crippen molar-refractivity contribution in [2.24, 2.45) is 11.1 Å². The molecule has 0 spiro atoms. The molecule has 0 saturated carbocycles. The Kier molecular flexibility index (Phi) is 3.35. The number of nitrogens with two attached hydrogens (primary N) is 1. The second-order valence-electron chi connectivity index (χ2n) is 5.25. The van der Waals surface area contributed by atoms with Crippen LogP contribution >= 0.6 is 11.3 Å². The molecule has 2 aromatic rings. The summed E-state index contributed by atoms with van der Waals surface area (Å²) in [6.07, 6.45) is 3.88. The molecule has 3 nitrogen and oxygen atoms in total. The fraction of sp³-hybridized carbons (Fsp3) is 0.462. The van der Waals surface area contributed by atoms with E-state index in [1.54, 1.807) is 11.3 Å². The predicted octanol–water partition coefficient (Wildman–Crippen LogP) is 3.16. The number of rotatable bonds is 3. The van der Waals surface area contributed by atoms with Crippen molar-refractivity contribution in [1.29, 1.82) is 0 Å². The van der Waals surface area contributed by atoms with Gasteiger partial charge in [-0.25, -0.2) is 4.98 Å². The van der Waals surface area contributed by atoms with Crippen LogP contribution in [-0.4, -0.2) is 16.1 Å². The van der Waals surface area contributed by atoms with Crippen LogP contribution in [0.25, 0.3) is 10.7 Å². The molecule has 92 valence electrons. The van der Waals surface area contributed by atoms with Crippen LogP contribution in [0, 0.1) is 5.41 Å². The molecule has 17 heavy (non-hydrogen) atoms. The molecule has 1 unspecified atom stereocenters. The van der Waals surface area contributed by atoms with Gasteiger partial charge in [0.25, 0.3) is 0 Å². The topological polar surface area (TPSA) is 43.8 Å². The average Bonchev–Trinajstić information content (AvgIpc) is 2.83. The molecule has 0 aliphatic heterocycles. The Labute approximate surface area is 106 Å². The Hall–Kier alpha value is -1.13. The van der Waals surface area contributed by atoms with E-state index in [2.05, 4.69) is 41.8 Å². The number of nitrogens with zero attached hydrogens (tertiary/aromatic N) is 2. The molecule has 1 atom stereocenters. The lowest BCUT2D eigenvalue weighted by molar-refractivity contribution is 0.251. The van der Waals surface area contributed by atoms with Crippen LogP contribution in [0.1, 0.15) is 26.8 Å². The van der Waals surface area contributed by atoms with Gasteiger partial charge < -0.3 is 10.3 Å². The molecular formula is C13H19N3S. The number of thiophene rings is 1. The van der Waals surface area contributed by atoms with E-state index >= 15 is 0 Å². The van der Waals surface area contributed by atoms with E-state index in [1.165, 1.54) is 4.88 Å². The van der Waals surface area contributed by atoms with Crippen LogP contribution in [0.3, 0.4) is 0 Å². The molecule has 0 aliphatic carbocycles. The van der Waals surface area contributed by atoms with E-state index in [0.29, 0.717) is 6.54 Å². The molecule has 0 saturated heterocycles. The van der Waals surface area contributed by atoms with Gasteiger partial charge in [-0.05, 0) is 16.9 Å². The van der Waals surface area contributed by atoms with Crippen LogP contribution in [-0.2, 0) is 0 Å². The normalized spacial score (nSPS) is 13.9. The first-order chi connectivity index (χ1) is 8.04. The van der Waals surface area contributed by atoms with E-state index < -0.39 is 0 Å². The summed E-state index contributed by atoms with van der Waals surface area (Å²) in [5, 5.41) is 2.07. The molecule has 2 N–H and O–H groups in total. The summed E-state index contributed by atoms with van der Waals surface area (Å²) in [5.74, 6) is 1.02. The molecule has 0 fully saturated rings. The average molecular weight is 249 g/mol. The van der Waals surface area contributed by atoms with E-state index in [1.807, 2.05) is 18.5 Å². The van der Waals surface area contributed by atoms with Gasteiger partial charge in [0.05, 0.1) is 10.9 Å². The van der Waals surface area contributed by atoms with E-state index in [4.69, 9.17) is 5.73 Å². The molecule has 0 aromatic carbocycles. The number of hydrogen-bond donors (Lipinski definition) is 1. The van der Waals surface area contributed by atoms with Crippen LogP contribution in [0.15, 0.2) is 29.9 Å². The van der Waals surface area contributed by atoms with E-state index in [-0.39, 0.29) is 11.5 Å². The van der Waals surface area contributed by atoms with Crippen LogP contribution in [0.5, 0.6) is 0 Å². The van der Waals surface area contributed by atoms with Crippen molar-refractivity contribution >= 4 is 11.3 Å². The summed E-state index contributed by atoms with van der Waals surface area (Å²) >= 11 is 1.71. The van der Waals surface area contributed by atoms with Crippen molar-refractivity contribution in [2.75, 3.05) is 6.54 Å². The fourth-order valence-electron chi connectivity index (χ4n) is 2.05. The summed E-state index contributed by atoms with van der Waals surface area (Å²) < 4.78 is 2.20. The summed E-state index contributed by atoms with van der Waals surface area (Å²) in [4.78, 5) is 5.65. The van der Waals surface area contributed by atoms with Crippen molar-refractivity contribution in [3.63, 3.8) is 0 Å². The Morgan fingerprint density at radius 2 is 2.24 bits per heavy atom. The highest BCUT2D eigenvalue weighted by Crippen LogP contribution is 2.34. The third kappa shape index (κ3) is 2.42. The molecule has 4 heteroatoms. The van der Waals surface area contributed by atoms with Crippen LogP contribution in [0.2, 0.25) is 0 Å². The van der Waals surface area contributed by atoms with Gasteiger partial charge in [0.15, 0.2) is 0 Å². The smallest absolute Gasteiger partial charge is 0.150 e. The Morgan fingerprint density at radius 3 is 2.76 bits per heavy atom. The zero-order valence-electron chi connectivity index (χ0n) is 10.6. The predicted molar refractivity (Wildman–Crippen MR) is 73.1 cm³/mol. The largest absolute Gasteiger partial charge is 0.328 e. The molecular weight excluding hydrogens is 230 g/mol. The van der Waals surface area contributed by atoms with Crippen molar-refractivity contribution in [3.8, 4) is 10.7 Å². The quantitative estimate of drug-likeness (QED) is 0.908. The second kappa shape index (κ2) is 4.63. The Morgan fingerprint density at radius 1 is 1.47 bits per heavy atom.